The molecule has 0 aliphatic heterocycles. The van der Waals surface area contributed by atoms with Crippen molar-refractivity contribution in [3.8, 4) is 0 Å². The molecule has 0 aliphatic rings. The van der Waals surface area contributed by atoms with E-state index in [-0.39, 0.29) is 0 Å². The lowest BCUT2D eigenvalue weighted by Gasteiger charge is -2.22. The van der Waals surface area contributed by atoms with Crippen molar-refractivity contribution in [2.75, 3.05) is 13.4 Å². The van der Waals surface area contributed by atoms with Gasteiger partial charge in [-0.1, -0.05) is 30.3 Å². The molecule has 0 aliphatic carbocycles. The largest absolute Gasteiger partial charge is 0.391 e. The van der Waals surface area contributed by atoms with Gasteiger partial charge in [0, 0.05) is 6.61 Å². The molecule has 1 aromatic carbocycles. The molecular weight excluding hydrogens is 192 g/mol. The topological polar surface area (TPSA) is 18.5 Å². The van der Waals surface area contributed by atoms with Crippen molar-refractivity contribution in [2.45, 2.75) is 20.0 Å². The van der Waals surface area contributed by atoms with Crippen LogP contribution in [0.15, 0.2) is 30.3 Å². The van der Waals surface area contributed by atoms with Crippen molar-refractivity contribution in [3.63, 3.8) is 0 Å². The van der Waals surface area contributed by atoms with E-state index in [0.29, 0.717) is 13.4 Å². The predicted octanol–water partition coefficient (Wildman–Crippen LogP) is 2.11. The molecule has 0 fully saturated rings. The zero-order chi connectivity index (χ0) is 10.4. The first-order valence-corrected chi connectivity index (χ1v) is 7.85. The van der Waals surface area contributed by atoms with Gasteiger partial charge in [0.25, 0.3) is 0 Å². The summed E-state index contributed by atoms with van der Waals surface area (Å²) in [5.41, 5.74) is 0. The van der Waals surface area contributed by atoms with Crippen LogP contribution in [0, 0.1) is 0 Å². The van der Waals surface area contributed by atoms with Crippen molar-refractivity contribution in [1.82, 2.24) is 0 Å². The molecule has 78 valence electrons. The highest BCUT2D eigenvalue weighted by Gasteiger charge is 2.24. The Morgan fingerprint density at radius 2 is 1.79 bits per heavy atom. The summed E-state index contributed by atoms with van der Waals surface area (Å²) in [6.07, 6.45) is 0. The lowest BCUT2D eigenvalue weighted by atomic mass is 10.4. The fourth-order valence-electron chi connectivity index (χ4n) is 1.20. The van der Waals surface area contributed by atoms with Crippen LogP contribution in [-0.2, 0) is 9.16 Å². The van der Waals surface area contributed by atoms with Crippen molar-refractivity contribution in [2.24, 2.45) is 0 Å². The van der Waals surface area contributed by atoms with Gasteiger partial charge in [0.2, 0.25) is 8.32 Å². The Kier molecular flexibility index (Phi) is 4.32. The van der Waals surface area contributed by atoms with Crippen LogP contribution in [0.1, 0.15) is 6.92 Å². The van der Waals surface area contributed by atoms with Crippen LogP contribution < -0.4 is 5.19 Å². The summed E-state index contributed by atoms with van der Waals surface area (Å²) in [6, 6.07) is 10.4. The Hall–Kier alpha value is -0.643. The van der Waals surface area contributed by atoms with Gasteiger partial charge in [0.15, 0.2) is 0 Å². The molecule has 1 aromatic rings. The average molecular weight is 210 g/mol. The zero-order valence-electron chi connectivity index (χ0n) is 9.12. The minimum absolute atomic E-state index is 0.407. The minimum atomic E-state index is -1.74. The van der Waals surface area contributed by atoms with E-state index in [1.54, 1.807) is 0 Å². The van der Waals surface area contributed by atoms with Gasteiger partial charge in [-0.3, -0.25) is 0 Å². The molecule has 1 rings (SSSR count). The van der Waals surface area contributed by atoms with Crippen LogP contribution in [0.5, 0.6) is 0 Å². The molecular formula is C11H18O2Si. The second-order valence-corrected chi connectivity index (χ2v) is 7.52. The number of hydrogen-bond acceptors (Lipinski definition) is 2. The van der Waals surface area contributed by atoms with Gasteiger partial charge in [-0.15, -0.1) is 0 Å². The first-order chi connectivity index (χ1) is 6.67. The third kappa shape index (κ3) is 3.25. The first-order valence-electron chi connectivity index (χ1n) is 4.94. The summed E-state index contributed by atoms with van der Waals surface area (Å²) >= 11 is 0. The second kappa shape index (κ2) is 5.29. The molecule has 0 atom stereocenters. The molecule has 0 saturated heterocycles. The second-order valence-electron chi connectivity index (χ2n) is 3.63. The predicted molar refractivity (Wildman–Crippen MR) is 61.1 cm³/mol. The van der Waals surface area contributed by atoms with Crippen molar-refractivity contribution in [1.29, 1.82) is 0 Å². The fraction of sp³-hybridized carbons (Fsp3) is 0.455. The van der Waals surface area contributed by atoms with Gasteiger partial charge < -0.3 is 9.16 Å². The van der Waals surface area contributed by atoms with Crippen LogP contribution in [0.25, 0.3) is 0 Å². The molecule has 0 amide bonds. The smallest absolute Gasteiger partial charge is 0.221 e. The minimum Gasteiger partial charge on any atom is -0.391 e. The molecule has 0 N–H and O–H groups in total. The fourth-order valence-corrected chi connectivity index (χ4v) is 2.74. The Balaban J connectivity index is 2.56. The maximum Gasteiger partial charge on any atom is 0.221 e. The highest BCUT2D eigenvalue weighted by Crippen LogP contribution is 2.04. The molecule has 0 heterocycles. The Morgan fingerprint density at radius 1 is 1.14 bits per heavy atom. The van der Waals surface area contributed by atoms with Crippen LogP contribution in [-0.4, -0.2) is 21.7 Å². The van der Waals surface area contributed by atoms with E-state index in [0.717, 1.165) is 0 Å². The summed E-state index contributed by atoms with van der Waals surface area (Å²) < 4.78 is 11.0. The third-order valence-corrected chi connectivity index (χ3v) is 4.74. The zero-order valence-corrected chi connectivity index (χ0v) is 10.1. The summed E-state index contributed by atoms with van der Waals surface area (Å²) in [4.78, 5) is 0. The van der Waals surface area contributed by atoms with E-state index in [1.165, 1.54) is 5.19 Å². The monoisotopic (exact) mass is 210 g/mol. The van der Waals surface area contributed by atoms with E-state index in [1.807, 2.05) is 25.1 Å². The number of rotatable bonds is 5. The van der Waals surface area contributed by atoms with Gasteiger partial charge in [0.1, 0.15) is 6.79 Å². The van der Waals surface area contributed by atoms with Crippen LogP contribution in [0.4, 0.5) is 0 Å². The summed E-state index contributed by atoms with van der Waals surface area (Å²) in [7, 11) is -1.74. The van der Waals surface area contributed by atoms with Crippen LogP contribution in [0.3, 0.4) is 0 Å². The Labute approximate surface area is 87.0 Å². The van der Waals surface area contributed by atoms with E-state index < -0.39 is 8.32 Å². The van der Waals surface area contributed by atoms with Crippen molar-refractivity contribution < 1.29 is 9.16 Å². The number of ether oxygens (including phenoxy) is 1. The molecule has 0 unspecified atom stereocenters. The average Bonchev–Trinajstić information content (AvgIpc) is 2.19. The highest BCUT2D eigenvalue weighted by molar-refractivity contribution is 6.84. The summed E-state index contributed by atoms with van der Waals surface area (Å²) in [5, 5.41) is 1.31. The highest BCUT2D eigenvalue weighted by atomic mass is 28.4. The SMILES string of the molecule is CCOCO[Si](C)(C)c1ccccc1. The van der Waals surface area contributed by atoms with Gasteiger partial charge in [-0.05, 0) is 25.2 Å². The number of benzene rings is 1. The van der Waals surface area contributed by atoms with E-state index in [2.05, 4.69) is 25.2 Å². The quantitative estimate of drug-likeness (QED) is 0.421. The lowest BCUT2D eigenvalue weighted by molar-refractivity contribution is 0.0186. The standard InChI is InChI=1S/C11H18O2Si/c1-4-12-10-13-14(2,3)11-8-6-5-7-9-11/h5-9H,4,10H2,1-3H3. The van der Waals surface area contributed by atoms with Crippen LogP contribution >= 0.6 is 0 Å². The number of hydrogen-bond donors (Lipinski definition) is 0. The van der Waals surface area contributed by atoms with Crippen LogP contribution in [0.2, 0.25) is 13.1 Å². The molecule has 0 saturated carbocycles. The normalized spacial score (nSPS) is 11.6. The third-order valence-electron chi connectivity index (χ3n) is 2.18. The van der Waals surface area contributed by atoms with Gasteiger partial charge in [0.05, 0.1) is 0 Å². The van der Waals surface area contributed by atoms with E-state index in [4.69, 9.17) is 9.16 Å². The molecule has 14 heavy (non-hydrogen) atoms. The Bertz CT molecular complexity index is 259. The molecule has 0 spiro atoms. The molecule has 0 radical (unpaired) electrons. The van der Waals surface area contributed by atoms with E-state index in [9.17, 15) is 0 Å². The first kappa shape index (κ1) is 11.4. The molecule has 0 aromatic heterocycles. The summed E-state index contributed by atoms with van der Waals surface area (Å²) in [5.74, 6) is 0. The van der Waals surface area contributed by atoms with Gasteiger partial charge >= 0.3 is 0 Å². The van der Waals surface area contributed by atoms with Crippen molar-refractivity contribution >= 4 is 13.5 Å². The molecule has 3 heteroatoms. The molecule has 2 nitrogen and oxygen atoms in total. The van der Waals surface area contributed by atoms with E-state index >= 15 is 0 Å². The van der Waals surface area contributed by atoms with Gasteiger partial charge in [-0.2, -0.15) is 0 Å². The van der Waals surface area contributed by atoms with Crippen molar-refractivity contribution in [3.05, 3.63) is 30.3 Å². The maximum absolute atomic E-state index is 5.77. The van der Waals surface area contributed by atoms with Gasteiger partial charge in [-0.25, -0.2) is 0 Å². The summed E-state index contributed by atoms with van der Waals surface area (Å²) in [6.45, 7) is 7.45. The maximum atomic E-state index is 5.77. The Morgan fingerprint density at radius 3 is 2.36 bits per heavy atom. The molecule has 0 bridgehead atoms. The lowest BCUT2D eigenvalue weighted by Crippen LogP contribution is -2.45.